The molecule has 0 aliphatic carbocycles. The van der Waals surface area contributed by atoms with Crippen LogP contribution in [0.25, 0.3) is 0 Å². The third-order valence-corrected chi connectivity index (χ3v) is 4.65. The molecule has 23 heavy (non-hydrogen) atoms. The minimum absolute atomic E-state index is 0.0436. The van der Waals surface area contributed by atoms with Crippen LogP contribution in [0.5, 0.6) is 0 Å². The first-order valence-corrected chi connectivity index (χ1v) is 8.65. The Morgan fingerprint density at radius 2 is 2.00 bits per heavy atom. The van der Waals surface area contributed by atoms with Crippen molar-refractivity contribution in [2.45, 2.75) is 17.9 Å². The third kappa shape index (κ3) is 5.37. The number of rotatable bonds is 6. The summed E-state index contributed by atoms with van der Waals surface area (Å²) >= 11 is 4.75. The van der Waals surface area contributed by atoms with Gasteiger partial charge in [0.15, 0.2) is 0 Å². The van der Waals surface area contributed by atoms with E-state index in [1.807, 2.05) is 31.2 Å². The number of nitrogens with zero attached hydrogens (tertiary/aromatic N) is 1. The van der Waals surface area contributed by atoms with E-state index in [0.29, 0.717) is 0 Å². The van der Waals surface area contributed by atoms with Gasteiger partial charge in [0, 0.05) is 21.5 Å². The molecule has 0 radical (unpaired) electrons. The molecule has 0 bridgehead atoms. The first kappa shape index (κ1) is 17.5. The number of nitro groups is 1. The molecule has 0 heterocycles. The number of amides is 1. The zero-order valence-corrected chi connectivity index (χ0v) is 14.8. The number of hydrogen-bond acceptors (Lipinski definition) is 4. The summed E-state index contributed by atoms with van der Waals surface area (Å²) in [6.07, 6.45) is 0. The van der Waals surface area contributed by atoms with Crippen LogP contribution in [0, 0.1) is 10.1 Å². The third-order valence-electron chi connectivity index (χ3n) is 3.14. The van der Waals surface area contributed by atoms with Gasteiger partial charge in [-0.1, -0.05) is 28.1 Å². The Balaban J connectivity index is 1.86. The second-order valence-electron chi connectivity index (χ2n) is 4.88. The smallest absolute Gasteiger partial charge is 0.269 e. The predicted molar refractivity (Wildman–Crippen MR) is 94.5 cm³/mol. The van der Waals surface area contributed by atoms with Crippen molar-refractivity contribution in [3.63, 3.8) is 0 Å². The predicted octanol–water partition coefficient (Wildman–Crippen LogP) is 4.33. The van der Waals surface area contributed by atoms with Crippen molar-refractivity contribution in [2.75, 3.05) is 5.75 Å². The molecule has 1 amide bonds. The molecule has 0 aliphatic rings. The van der Waals surface area contributed by atoms with E-state index in [0.717, 1.165) is 14.9 Å². The van der Waals surface area contributed by atoms with Crippen molar-refractivity contribution in [2.24, 2.45) is 0 Å². The van der Waals surface area contributed by atoms with Gasteiger partial charge in [-0.15, -0.1) is 11.8 Å². The molecule has 1 atom stereocenters. The first-order valence-electron chi connectivity index (χ1n) is 6.88. The van der Waals surface area contributed by atoms with Crippen LogP contribution in [0.4, 0.5) is 5.69 Å². The number of thioether (sulfide) groups is 1. The molecule has 2 aromatic carbocycles. The zero-order valence-electron chi connectivity index (χ0n) is 12.4. The molecule has 120 valence electrons. The summed E-state index contributed by atoms with van der Waals surface area (Å²) in [6.45, 7) is 1.93. The Labute approximate surface area is 146 Å². The van der Waals surface area contributed by atoms with Crippen LogP contribution >= 0.6 is 27.7 Å². The van der Waals surface area contributed by atoms with Crippen molar-refractivity contribution in [3.8, 4) is 0 Å². The Morgan fingerprint density at radius 1 is 1.30 bits per heavy atom. The number of non-ortho nitro benzene ring substituents is 1. The van der Waals surface area contributed by atoms with E-state index >= 15 is 0 Å². The lowest BCUT2D eigenvalue weighted by Gasteiger charge is -2.14. The van der Waals surface area contributed by atoms with E-state index in [-0.39, 0.29) is 23.4 Å². The number of hydrogen-bond donors (Lipinski definition) is 1. The minimum atomic E-state index is -0.444. The van der Waals surface area contributed by atoms with Crippen LogP contribution in [0.15, 0.2) is 57.9 Å². The number of halogens is 1. The highest BCUT2D eigenvalue weighted by atomic mass is 79.9. The molecule has 0 fully saturated rings. The maximum Gasteiger partial charge on any atom is 0.269 e. The monoisotopic (exact) mass is 394 g/mol. The highest BCUT2D eigenvalue weighted by Crippen LogP contribution is 2.22. The van der Waals surface area contributed by atoms with E-state index in [9.17, 15) is 14.9 Å². The quantitative estimate of drug-likeness (QED) is 0.449. The molecule has 2 aromatic rings. The van der Waals surface area contributed by atoms with Gasteiger partial charge in [-0.3, -0.25) is 14.9 Å². The summed E-state index contributed by atoms with van der Waals surface area (Å²) in [5, 5.41) is 13.5. The van der Waals surface area contributed by atoms with Crippen molar-refractivity contribution < 1.29 is 9.72 Å². The maximum atomic E-state index is 12.0. The summed E-state index contributed by atoms with van der Waals surface area (Å²) in [5.74, 6) is 0.178. The molecule has 7 heteroatoms. The Morgan fingerprint density at radius 3 is 2.61 bits per heavy atom. The van der Waals surface area contributed by atoms with Crippen LogP contribution in [-0.4, -0.2) is 16.6 Å². The first-order chi connectivity index (χ1) is 11.0. The van der Waals surface area contributed by atoms with Crippen LogP contribution in [0.3, 0.4) is 0 Å². The number of nitro benzene ring substituents is 1. The molecule has 0 unspecified atom stereocenters. The van der Waals surface area contributed by atoms with Gasteiger partial charge in [-0.25, -0.2) is 0 Å². The highest BCUT2D eigenvalue weighted by molar-refractivity contribution is 9.10. The number of carbonyl (C=O) groups excluding carboxylic acids is 1. The van der Waals surface area contributed by atoms with E-state index in [1.54, 1.807) is 12.1 Å². The van der Waals surface area contributed by atoms with Gasteiger partial charge < -0.3 is 5.32 Å². The van der Waals surface area contributed by atoms with Gasteiger partial charge in [0.25, 0.3) is 5.69 Å². The molecule has 1 N–H and O–H groups in total. The van der Waals surface area contributed by atoms with E-state index < -0.39 is 4.92 Å². The maximum absolute atomic E-state index is 12.0. The van der Waals surface area contributed by atoms with Gasteiger partial charge in [0.05, 0.1) is 16.7 Å². The molecule has 0 saturated heterocycles. The average Bonchev–Trinajstić information content (AvgIpc) is 2.53. The lowest BCUT2D eigenvalue weighted by molar-refractivity contribution is -0.384. The molecular weight excluding hydrogens is 380 g/mol. The van der Waals surface area contributed by atoms with Gasteiger partial charge in [-0.2, -0.15) is 0 Å². The molecule has 0 spiro atoms. The summed E-state index contributed by atoms with van der Waals surface area (Å²) in [6, 6.07) is 13.9. The standard InChI is InChI=1S/C16H15BrN2O3S/c1-11(12-3-2-4-13(17)9-12)18-16(20)10-23-15-7-5-14(6-8-15)19(21)22/h2-9,11H,10H2,1H3,(H,18,20)/t11-/m0/s1. The second kappa shape index (κ2) is 8.12. The number of carbonyl (C=O) groups is 1. The summed E-state index contributed by atoms with van der Waals surface area (Å²) < 4.78 is 0.969. The van der Waals surface area contributed by atoms with E-state index in [4.69, 9.17) is 0 Å². The van der Waals surface area contributed by atoms with E-state index in [2.05, 4.69) is 21.2 Å². The number of benzene rings is 2. The highest BCUT2D eigenvalue weighted by Gasteiger charge is 2.11. The number of nitrogens with one attached hydrogen (secondary N) is 1. The normalized spacial score (nSPS) is 11.7. The van der Waals surface area contributed by atoms with Crippen LogP contribution in [0.2, 0.25) is 0 Å². The fraction of sp³-hybridized carbons (Fsp3) is 0.188. The van der Waals surface area contributed by atoms with Crippen molar-refractivity contribution in [1.82, 2.24) is 5.32 Å². The molecule has 0 aliphatic heterocycles. The second-order valence-corrected chi connectivity index (χ2v) is 6.85. The fourth-order valence-corrected chi connectivity index (χ4v) is 3.08. The SMILES string of the molecule is C[C@H](NC(=O)CSc1ccc([N+](=O)[O-])cc1)c1cccc(Br)c1. The Bertz CT molecular complexity index is 707. The largest absolute Gasteiger partial charge is 0.349 e. The topological polar surface area (TPSA) is 72.2 Å². The molecule has 0 aromatic heterocycles. The van der Waals surface area contributed by atoms with Gasteiger partial charge in [0.1, 0.15) is 0 Å². The van der Waals surface area contributed by atoms with Crippen molar-refractivity contribution in [3.05, 3.63) is 68.7 Å². The summed E-state index contributed by atoms with van der Waals surface area (Å²) in [4.78, 5) is 23.0. The Hall–Kier alpha value is -1.86. The molecular formula is C16H15BrN2O3S. The summed E-state index contributed by atoms with van der Waals surface area (Å²) in [5.41, 5.74) is 1.06. The lowest BCUT2D eigenvalue weighted by Crippen LogP contribution is -2.28. The van der Waals surface area contributed by atoms with Crippen LogP contribution in [0.1, 0.15) is 18.5 Å². The summed E-state index contributed by atoms with van der Waals surface area (Å²) in [7, 11) is 0. The fourth-order valence-electron chi connectivity index (χ4n) is 1.96. The van der Waals surface area contributed by atoms with Gasteiger partial charge >= 0.3 is 0 Å². The van der Waals surface area contributed by atoms with Crippen molar-refractivity contribution >= 4 is 39.3 Å². The molecule has 5 nitrogen and oxygen atoms in total. The Kier molecular flexibility index (Phi) is 6.18. The van der Waals surface area contributed by atoms with Crippen LogP contribution in [-0.2, 0) is 4.79 Å². The molecule has 0 saturated carbocycles. The van der Waals surface area contributed by atoms with Crippen molar-refractivity contribution in [1.29, 1.82) is 0 Å². The van der Waals surface area contributed by atoms with Gasteiger partial charge in [0.2, 0.25) is 5.91 Å². The lowest BCUT2D eigenvalue weighted by atomic mass is 10.1. The van der Waals surface area contributed by atoms with Crippen LogP contribution < -0.4 is 5.32 Å². The minimum Gasteiger partial charge on any atom is -0.349 e. The molecule has 2 rings (SSSR count). The van der Waals surface area contributed by atoms with E-state index in [1.165, 1.54) is 23.9 Å². The zero-order chi connectivity index (χ0) is 16.8. The average molecular weight is 395 g/mol. The van der Waals surface area contributed by atoms with Gasteiger partial charge in [-0.05, 0) is 36.8 Å².